The smallest absolute Gasteiger partial charge is 0.251 e. The third-order valence-corrected chi connectivity index (χ3v) is 4.70. The van der Waals surface area contributed by atoms with E-state index >= 15 is 0 Å². The van der Waals surface area contributed by atoms with E-state index in [-0.39, 0.29) is 17.7 Å². The van der Waals surface area contributed by atoms with Crippen molar-refractivity contribution in [3.63, 3.8) is 0 Å². The van der Waals surface area contributed by atoms with Gasteiger partial charge in [-0.2, -0.15) is 0 Å². The van der Waals surface area contributed by atoms with E-state index in [2.05, 4.69) is 24.4 Å². The van der Waals surface area contributed by atoms with E-state index in [1.54, 1.807) is 0 Å². The molecule has 1 saturated heterocycles. The molecular formula is C21H24N2O2. The molecule has 4 nitrogen and oxygen atoms in total. The molecule has 1 N–H and O–H groups in total. The summed E-state index contributed by atoms with van der Waals surface area (Å²) in [6.45, 7) is 4.17. The largest absolute Gasteiger partial charge is 0.351 e. The molecule has 130 valence electrons. The van der Waals surface area contributed by atoms with Gasteiger partial charge >= 0.3 is 0 Å². The highest BCUT2D eigenvalue weighted by Gasteiger charge is 2.20. The van der Waals surface area contributed by atoms with E-state index < -0.39 is 0 Å². The molecule has 25 heavy (non-hydrogen) atoms. The SMILES string of the molecule is CC(CNC(=O)c1ccc(CN2CCCC2=O)cc1)c1ccccc1. The second kappa shape index (κ2) is 7.97. The lowest BCUT2D eigenvalue weighted by Gasteiger charge is -2.16. The summed E-state index contributed by atoms with van der Waals surface area (Å²) >= 11 is 0. The predicted molar refractivity (Wildman–Crippen MR) is 98.3 cm³/mol. The molecular weight excluding hydrogens is 312 g/mol. The van der Waals surface area contributed by atoms with Gasteiger partial charge < -0.3 is 10.2 Å². The maximum Gasteiger partial charge on any atom is 0.251 e. The molecule has 4 heteroatoms. The van der Waals surface area contributed by atoms with Crippen LogP contribution in [0, 0.1) is 0 Å². The number of likely N-dealkylation sites (tertiary alicyclic amines) is 1. The molecule has 0 aliphatic carbocycles. The van der Waals surface area contributed by atoms with Crippen LogP contribution < -0.4 is 5.32 Å². The monoisotopic (exact) mass is 336 g/mol. The lowest BCUT2D eigenvalue weighted by molar-refractivity contribution is -0.128. The molecule has 0 radical (unpaired) electrons. The first-order chi connectivity index (χ1) is 12.1. The van der Waals surface area contributed by atoms with Gasteiger partial charge in [-0.1, -0.05) is 49.4 Å². The standard InChI is InChI=1S/C21H24N2O2/c1-16(18-6-3-2-4-7-18)14-22-21(25)19-11-9-17(10-12-19)15-23-13-5-8-20(23)24/h2-4,6-7,9-12,16H,5,8,13-15H2,1H3,(H,22,25). The summed E-state index contributed by atoms with van der Waals surface area (Å²) in [5.41, 5.74) is 2.93. The van der Waals surface area contributed by atoms with Crippen LogP contribution in [0.5, 0.6) is 0 Å². The minimum Gasteiger partial charge on any atom is -0.351 e. The summed E-state index contributed by atoms with van der Waals surface area (Å²) in [5.74, 6) is 0.425. The molecule has 2 aromatic rings. The van der Waals surface area contributed by atoms with E-state index in [9.17, 15) is 9.59 Å². The molecule has 1 heterocycles. The summed E-state index contributed by atoms with van der Waals surface area (Å²) in [4.78, 5) is 25.9. The number of amides is 2. The highest BCUT2D eigenvalue weighted by atomic mass is 16.2. The van der Waals surface area contributed by atoms with Crippen LogP contribution in [0.25, 0.3) is 0 Å². The van der Waals surface area contributed by atoms with Gasteiger partial charge in [-0.25, -0.2) is 0 Å². The van der Waals surface area contributed by atoms with E-state index in [0.29, 0.717) is 25.1 Å². The fourth-order valence-electron chi connectivity index (χ4n) is 3.10. The van der Waals surface area contributed by atoms with Crippen molar-refractivity contribution in [2.75, 3.05) is 13.1 Å². The number of hydrogen-bond donors (Lipinski definition) is 1. The van der Waals surface area contributed by atoms with Crippen molar-refractivity contribution in [1.29, 1.82) is 0 Å². The highest BCUT2D eigenvalue weighted by molar-refractivity contribution is 5.94. The second-order valence-electron chi connectivity index (χ2n) is 6.64. The summed E-state index contributed by atoms with van der Waals surface area (Å²) in [6, 6.07) is 17.7. The van der Waals surface area contributed by atoms with Crippen LogP contribution in [-0.2, 0) is 11.3 Å². The van der Waals surface area contributed by atoms with Crippen LogP contribution in [-0.4, -0.2) is 29.8 Å². The van der Waals surface area contributed by atoms with Gasteiger partial charge in [-0.15, -0.1) is 0 Å². The zero-order valence-electron chi connectivity index (χ0n) is 14.6. The Morgan fingerprint density at radius 2 is 1.84 bits per heavy atom. The Balaban J connectivity index is 1.53. The molecule has 1 unspecified atom stereocenters. The highest BCUT2D eigenvalue weighted by Crippen LogP contribution is 2.16. The van der Waals surface area contributed by atoms with E-state index in [1.807, 2.05) is 47.4 Å². The molecule has 2 amide bonds. The first kappa shape index (κ1) is 17.2. The summed E-state index contributed by atoms with van der Waals surface area (Å²) < 4.78 is 0. The fourth-order valence-corrected chi connectivity index (χ4v) is 3.10. The summed E-state index contributed by atoms with van der Waals surface area (Å²) in [5, 5.41) is 2.99. The molecule has 1 aliphatic heterocycles. The molecule has 2 aromatic carbocycles. The van der Waals surface area contributed by atoms with Crippen molar-refractivity contribution in [2.24, 2.45) is 0 Å². The van der Waals surface area contributed by atoms with Gasteiger partial charge in [-0.05, 0) is 35.6 Å². The molecule has 3 rings (SSSR count). The van der Waals surface area contributed by atoms with E-state index in [0.717, 1.165) is 18.5 Å². The van der Waals surface area contributed by atoms with Crippen LogP contribution >= 0.6 is 0 Å². The molecule has 1 fully saturated rings. The molecule has 1 aliphatic rings. The Morgan fingerprint density at radius 3 is 2.48 bits per heavy atom. The van der Waals surface area contributed by atoms with Crippen molar-refractivity contribution in [2.45, 2.75) is 32.2 Å². The maximum atomic E-state index is 12.3. The molecule has 0 saturated carbocycles. The van der Waals surface area contributed by atoms with Crippen LogP contribution in [0.15, 0.2) is 54.6 Å². The Hall–Kier alpha value is -2.62. The van der Waals surface area contributed by atoms with Crippen molar-refractivity contribution >= 4 is 11.8 Å². The van der Waals surface area contributed by atoms with Crippen molar-refractivity contribution in [3.8, 4) is 0 Å². The van der Waals surface area contributed by atoms with Crippen molar-refractivity contribution in [1.82, 2.24) is 10.2 Å². The molecule has 1 atom stereocenters. The van der Waals surface area contributed by atoms with E-state index in [1.165, 1.54) is 5.56 Å². The Labute approximate surface area is 148 Å². The average molecular weight is 336 g/mol. The fraction of sp³-hybridized carbons (Fsp3) is 0.333. The van der Waals surface area contributed by atoms with Gasteiger partial charge in [0.25, 0.3) is 5.91 Å². The van der Waals surface area contributed by atoms with Gasteiger partial charge in [0.1, 0.15) is 0 Å². The third-order valence-electron chi connectivity index (χ3n) is 4.70. The second-order valence-corrected chi connectivity index (χ2v) is 6.64. The van der Waals surface area contributed by atoms with Gasteiger partial charge in [-0.3, -0.25) is 9.59 Å². The summed E-state index contributed by atoms with van der Waals surface area (Å²) in [7, 11) is 0. The minimum absolute atomic E-state index is 0.0634. The zero-order valence-corrected chi connectivity index (χ0v) is 14.6. The molecule has 0 aromatic heterocycles. The topological polar surface area (TPSA) is 49.4 Å². The number of carbonyl (C=O) groups is 2. The number of carbonyl (C=O) groups excluding carboxylic acids is 2. The van der Waals surface area contributed by atoms with Gasteiger partial charge in [0.05, 0.1) is 0 Å². The van der Waals surface area contributed by atoms with Crippen molar-refractivity contribution < 1.29 is 9.59 Å². The number of hydrogen-bond acceptors (Lipinski definition) is 2. The lowest BCUT2D eigenvalue weighted by atomic mass is 10.0. The van der Waals surface area contributed by atoms with Crippen LogP contribution in [0.2, 0.25) is 0 Å². The quantitative estimate of drug-likeness (QED) is 0.879. The number of rotatable bonds is 6. The number of benzene rings is 2. The summed E-state index contributed by atoms with van der Waals surface area (Å²) in [6.07, 6.45) is 1.60. The van der Waals surface area contributed by atoms with Crippen LogP contribution in [0.1, 0.15) is 47.2 Å². The van der Waals surface area contributed by atoms with Crippen LogP contribution in [0.3, 0.4) is 0 Å². The number of nitrogens with one attached hydrogen (secondary N) is 1. The van der Waals surface area contributed by atoms with Gasteiger partial charge in [0.2, 0.25) is 5.91 Å². The maximum absolute atomic E-state index is 12.3. The Bertz CT molecular complexity index is 725. The first-order valence-electron chi connectivity index (χ1n) is 8.83. The number of nitrogens with zero attached hydrogens (tertiary/aromatic N) is 1. The van der Waals surface area contributed by atoms with Crippen molar-refractivity contribution in [3.05, 3.63) is 71.3 Å². The normalized spacial score (nSPS) is 15.2. The average Bonchev–Trinajstić information content (AvgIpc) is 3.05. The predicted octanol–water partition coefficient (Wildman–Crippen LogP) is 3.34. The first-order valence-corrected chi connectivity index (χ1v) is 8.83. The molecule has 0 bridgehead atoms. The van der Waals surface area contributed by atoms with Gasteiger partial charge in [0.15, 0.2) is 0 Å². The minimum atomic E-state index is -0.0634. The zero-order chi connectivity index (χ0) is 17.6. The van der Waals surface area contributed by atoms with Crippen LogP contribution in [0.4, 0.5) is 0 Å². The molecule has 0 spiro atoms. The Kier molecular flexibility index (Phi) is 5.49. The van der Waals surface area contributed by atoms with E-state index in [4.69, 9.17) is 0 Å². The lowest BCUT2D eigenvalue weighted by Crippen LogP contribution is -2.27. The third kappa shape index (κ3) is 4.47. The van der Waals surface area contributed by atoms with Gasteiger partial charge in [0, 0.05) is 31.6 Å². The Morgan fingerprint density at radius 1 is 1.12 bits per heavy atom.